The summed E-state index contributed by atoms with van der Waals surface area (Å²) in [6.07, 6.45) is 0. The molecule has 8 heteroatoms. The normalized spacial score (nSPS) is 12.0. The Bertz CT molecular complexity index is 982. The summed E-state index contributed by atoms with van der Waals surface area (Å²) < 4.78 is 26.5. The van der Waals surface area contributed by atoms with Crippen LogP contribution in [0.15, 0.2) is 58.3 Å². The van der Waals surface area contributed by atoms with Gasteiger partial charge in [-0.1, -0.05) is 36.4 Å². The lowest BCUT2D eigenvalue weighted by Gasteiger charge is -2.11. The molecule has 0 aliphatic rings. The van der Waals surface area contributed by atoms with Crippen molar-refractivity contribution in [1.82, 2.24) is 9.97 Å². The Morgan fingerprint density at radius 3 is 2.48 bits per heavy atom. The van der Waals surface area contributed by atoms with Crippen LogP contribution in [0.25, 0.3) is 10.9 Å². The molecule has 0 saturated carbocycles. The maximum atomic E-state index is 13.2. The van der Waals surface area contributed by atoms with E-state index in [1.54, 1.807) is 24.3 Å². The highest BCUT2D eigenvalue weighted by Gasteiger charge is 2.23. The molecule has 0 fully saturated rings. The van der Waals surface area contributed by atoms with Crippen LogP contribution in [-0.4, -0.2) is 15.8 Å². The lowest BCUT2D eigenvalue weighted by atomic mass is 10.1. The van der Waals surface area contributed by atoms with Crippen molar-refractivity contribution < 1.29 is 14.9 Å². The summed E-state index contributed by atoms with van der Waals surface area (Å²) in [6, 6.07) is 12.6. The summed E-state index contributed by atoms with van der Waals surface area (Å²) in [7, 11) is 0. The molecule has 1 heterocycles. The zero-order valence-corrected chi connectivity index (χ0v) is 13.2. The van der Waals surface area contributed by atoms with Crippen molar-refractivity contribution >= 4 is 22.6 Å². The molecule has 0 aliphatic heterocycles. The van der Waals surface area contributed by atoms with Crippen LogP contribution in [0.4, 0.5) is 19.3 Å². The Labute approximate surface area is 142 Å². The van der Waals surface area contributed by atoms with E-state index in [-0.39, 0.29) is 23.3 Å². The predicted octanol–water partition coefficient (Wildman–Crippen LogP) is 3.47. The first-order chi connectivity index (χ1) is 11.3. The smallest absolute Gasteiger partial charge is 0.347 e. The molecule has 0 spiro atoms. The summed E-state index contributed by atoms with van der Waals surface area (Å²) in [6.45, 7) is 0.825. The molecule has 25 heavy (non-hydrogen) atoms. The van der Waals surface area contributed by atoms with Gasteiger partial charge in [-0.2, -0.15) is 4.98 Å². The standard InChI is InChI=1S/C17H14F2N4O.FH.H2/c1-17(18,19)11-8-6-10(7-9-11)14(20)22-15-12-4-2-3-5-13(12)21-16(24)23-15;;/h2-9H,1H3,(H3,20,21,22,23,24);2*1H. The summed E-state index contributed by atoms with van der Waals surface area (Å²) in [5.74, 6) is -2.66. The number of aromatic amines is 1. The van der Waals surface area contributed by atoms with Crippen molar-refractivity contribution in [2.24, 2.45) is 10.7 Å². The van der Waals surface area contributed by atoms with E-state index in [2.05, 4.69) is 15.0 Å². The zero-order chi connectivity index (χ0) is 17.3. The maximum Gasteiger partial charge on any atom is 0.347 e. The summed E-state index contributed by atoms with van der Waals surface area (Å²) in [5, 5.41) is 0.636. The molecule has 0 unspecified atom stereocenters. The number of halogens is 3. The van der Waals surface area contributed by atoms with Gasteiger partial charge in [-0.15, -0.1) is 0 Å². The number of para-hydroxylation sites is 1. The lowest BCUT2D eigenvalue weighted by Crippen LogP contribution is -2.15. The average Bonchev–Trinajstić information content (AvgIpc) is 2.54. The highest BCUT2D eigenvalue weighted by Crippen LogP contribution is 2.27. The van der Waals surface area contributed by atoms with Gasteiger partial charge in [0, 0.05) is 24.9 Å². The molecule has 0 aliphatic carbocycles. The summed E-state index contributed by atoms with van der Waals surface area (Å²) in [5.41, 5.74) is 6.34. The second kappa shape index (κ2) is 6.76. The van der Waals surface area contributed by atoms with Crippen LogP contribution in [0.2, 0.25) is 0 Å². The number of hydrogen-bond donors (Lipinski definition) is 2. The van der Waals surface area contributed by atoms with Gasteiger partial charge >= 0.3 is 5.69 Å². The molecule has 3 N–H and O–H groups in total. The van der Waals surface area contributed by atoms with Gasteiger partial charge in [-0.05, 0) is 12.1 Å². The van der Waals surface area contributed by atoms with Crippen LogP contribution in [0, 0.1) is 0 Å². The molecule has 0 amide bonds. The first-order valence-corrected chi connectivity index (χ1v) is 7.16. The molecule has 0 atom stereocenters. The number of nitrogens with one attached hydrogen (secondary N) is 1. The fourth-order valence-electron chi connectivity index (χ4n) is 2.28. The van der Waals surface area contributed by atoms with E-state index in [4.69, 9.17) is 5.73 Å². The van der Waals surface area contributed by atoms with Crippen molar-refractivity contribution in [3.63, 3.8) is 0 Å². The molecule has 132 valence electrons. The SMILES string of the molecule is CC(F)(F)c1ccc(C(N)=Nc2nc(=O)[nH]c3ccccc23)cc1.F.[HH]. The van der Waals surface area contributed by atoms with Gasteiger partial charge in [-0.25, -0.2) is 18.6 Å². The Morgan fingerprint density at radius 2 is 1.84 bits per heavy atom. The van der Waals surface area contributed by atoms with E-state index < -0.39 is 11.6 Å². The molecule has 3 rings (SSSR count). The third-order valence-corrected chi connectivity index (χ3v) is 3.53. The third kappa shape index (κ3) is 3.85. The predicted molar refractivity (Wildman–Crippen MR) is 93.4 cm³/mol. The minimum absolute atomic E-state index is 0. The Morgan fingerprint density at radius 1 is 1.20 bits per heavy atom. The van der Waals surface area contributed by atoms with Crippen molar-refractivity contribution in [2.45, 2.75) is 12.8 Å². The quantitative estimate of drug-likeness (QED) is 0.560. The number of benzene rings is 2. The van der Waals surface area contributed by atoms with Crippen LogP contribution in [-0.2, 0) is 5.92 Å². The third-order valence-electron chi connectivity index (χ3n) is 3.53. The van der Waals surface area contributed by atoms with Crippen molar-refractivity contribution in [1.29, 1.82) is 0 Å². The highest BCUT2D eigenvalue weighted by atomic mass is 19.3. The molecule has 5 nitrogen and oxygen atoms in total. The molecular formula is C17H17F3N4O. The van der Waals surface area contributed by atoms with E-state index in [1.165, 1.54) is 24.3 Å². The summed E-state index contributed by atoms with van der Waals surface area (Å²) in [4.78, 5) is 22.2. The van der Waals surface area contributed by atoms with Gasteiger partial charge in [0.25, 0.3) is 5.92 Å². The molecular weight excluding hydrogens is 333 g/mol. The van der Waals surface area contributed by atoms with Crippen molar-refractivity contribution in [3.8, 4) is 0 Å². The number of H-pyrrole nitrogens is 1. The van der Waals surface area contributed by atoms with Crippen molar-refractivity contribution in [2.75, 3.05) is 0 Å². The minimum atomic E-state index is -2.92. The number of alkyl halides is 2. The van der Waals surface area contributed by atoms with Gasteiger partial charge in [0.05, 0.1) is 5.52 Å². The number of fused-ring (bicyclic) bond motifs is 1. The zero-order valence-electron chi connectivity index (χ0n) is 13.2. The fourth-order valence-corrected chi connectivity index (χ4v) is 2.28. The van der Waals surface area contributed by atoms with E-state index in [1.807, 2.05) is 0 Å². The first kappa shape index (κ1) is 18.2. The molecule has 2 aromatic carbocycles. The number of aromatic nitrogens is 2. The number of amidine groups is 1. The highest BCUT2D eigenvalue weighted by molar-refractivity contribution is 6.01. The number of hydrogen-bond acceptors (Lipinski definition) is 3. The van der Waals surface area contributed by atoms with E-state index in [0.717, 1.165) is 6.92 Å². The maximum absolute atomic E-state index is 13.2. The van der Waals surface area contributed by atoms with Crippen LogP contribution in [0.1, 0.15) is 19.5 Å². The molecule has 0 saturated heterocycles. The Balaban J connectivity index is 0.00000169. The van der Waals surface area contributed by atoms with E-state index in [0.29, 0.717) is 16.5 Å². The Hall–Kier alpha value is -3.16. The van der Waals surface area contributed by atoms with Crippen LogP contribution in [0.3, 0.4) is 0 Å². The largest absolute Gasteiger partial charge is 0.383 e. The van der Waals surface area contributed by atoms with Crippen LogP contribution < -0.4 is 11.4 Å². The minimum Gasteiger partial charge on any atom is -0.383 e. The second-order valence-electron chi connectivity index (χ2n) is 5.37. The first-order valence-electron chi connectivity index (χ1n) is 7.16. The number of nitrogens with zero attached hydrogens (tertiary/aromatic N) is 2. The molecule has 0 radical (unpaired) electrons. The monoisotopic (exact) mass is 350 g/mol. The van der Waals surface area contributed by atoms with Crippen LogP contribution >= 0.6 is 0 Å². The number of rotatable bonds is 3. The van der Waals surface area contributed by atoms with Gasteiger partial charge < -0.3 is 10.7 Å². The number of aliphatic imine (C=N–C) groups is 1. The molecule has 1 aromatic heterocycles. The molecule has 0 bridgehead atoms. The Kier molecular flexibility index (Phi) is 4.92. The van der Waals surface area contributed by atoms with E-state index >= 15 is 0 Å². The number of nitrogens with two attached hydrogens (primary N) is 1. The fraction of sp³-hybridized carbons (Fsp3) is 0.118. The van der Waals surface area contributed by atoms with Gasteiger partial charge in [0.15, 0.2) is 5.82 Å². The van der Waals surface area contributed by atoms with Crippen molar-refractivity contribution in [3.05, 3.63) is 70.1 Å². The molecule has 3 aromatic rings. The van der Waals surface area contributed by atoms with Gasteiger partial charge in [0.2, 0.25) is 0 Å². The average molecular weight is 350 g/mol. The van der Waals surface area contributed by atoms with E-state index in [9.17, 15) is 13.6 Å². The van der Waals surface area contributed by atoms with Gasteiger partial charge in [-0.3, -0.25) is 4.70 Å². The van der Waals surface area contributed by atoms with Crippen LogP contribution in [0.5, 0.6) is 0 Å². The topological polar surface area (TPSA) is 84.1 Å². The second-order valence-corrected chi connectivity index (χ2v) is 5.37. The van der Waals surface area contributed by atoms with Gasteiger partial charge in [0.1, 0.15) is 5.84 Å². The summed E-state index contributed by atoms with van der Waals surface area (Å²) >= 11 is 0. The lowest BCUT2D eigenvalue weighted by molar-refractivity contribution is 0.0175.